The molecule has 3 rings (SSSR count). The van der Waals surface area contributed by atoms with Crippen LogP contribution in [-0.4, -0.2) is 5.78 Å². The zero-order chi connectivity index (χ0) is 14.1. The zero-order valence-electron chi connectivity index (χ0n) is 11.6. The van der Waals surface area contributed by atoms with Gasteiger partial charge in [-0.2, -0.15) is 0 Å². The van der Waals surface area contributed by atoms with Crippen LogP contribution in [0.15, 0.2) is 36.4 Å². The summed E-state index contributed by atoms with van der Waals surface area (Å²) in [5.41, 5.74) is 5.63. The third kappa shape index (κ3) is 2.64. The molecule has 0 aromatic heterocycles. The predicted octanol–water partition coefficient (Wildman–Crippen LogP) is 4.56. The molecule has 1 aliphatic carbocycles. The van der Waals surface area contributed by atoms with Crippen molar-refractivity contribution < 1.29 is 4.79 Å². The van der Waals surface area contributed by atoms with E-state index in [0.717, 1.165) is 17.5 Å². The molecule has 0 bridgehead atoms. The number of halogens is 1. The Hall–Kier alpha value is -1.60. The summed E-state index contributed by atoms with van der Waals surface area (Å²) in [6.45, 7) is 1.97. The lowest BCUT2D eigenvalue weighted by Crippen LogP contribution is -2.05. The fourth-order valence-corrected chi connectivity index (χ4v) is 3.20. The van der Waals surface area contributed by atoms with Crippen LogP contribution in [0.5, 0.6) is 0 Å². The number of carbonyl (C=O) groups is 1. The molecule has 2 aromatic carbocycles. The van der Waals surface area contributed by atoms with Crippen LogP contribution in [0.1, 0.15) is 39.0 Å². The lowest BCUT2D eigenvalue weighted by molar-refractivity contribution is 0.0993. The van der Waals surface area contributed by atoms with Crippen molar-refractivity contribution in [2.45, 2.75) is 32.6 Å². The summed E-state index contributed by atoms with van der Waals surface area (Å²) in [6.07, 6.45) is 3.97. The van der Waals surface area contributed by atoms with Gasteiger partial charge in [0, 0.05) is 12.0 Å². The molecule has 0 aliphatic heterocycles. The van der Waals surface area contributed by atoms with Gasteiger partial charge in [-0.25, -0.2) is 0 Å². The first-order valence-electron chi connectivity index (χ1n) is 7.03. The van der Waals surface area contributed by atoms with E-state index < -0.39 is 0 Å². The van der Waals surface area contributed by atoms with Crippen LogP contribution in [0.2, 0.25) is 5.02 Å². The van der Waals surface area contributed by atoms with Crippen molar-refractivity contribution in [3.63, 3.8) is 0 Å². The van der Waals surface area contributed by atoms with E-state index in [1.807, 2.05) is 25.1 Å². The van der Waals surface area contributed by atoms with Crippen LogP contribution >= 0.6 is 11.6 Å². The zero-order valence-corrected chi connectivity index (χ0v) is 12.3. The molecule has 2 aromatic rings. The molecule has 0 radical (unpaired) electrons. The molecule has 0 fully saturated rings. The van der Waals surface area contributed by atoms with E-state index in [1.165, 1.54) is 24.0 Å². The molecule has 0 heterocycles. The topological polar surface area (TPSA) is 17.1 Å². The van der Waals surface area contributed by atoms with Gasteiger partial charge in [0.2, 0.25) is 0 Å². The number of hydrogen-bond donors (Lipinski definition) is 0. The van der Waals surface area contributed by atoms with E-state index in [-0.39, 0.29) is 5.78 Å². The number of carbonyl (C=O) groups excluding carboxylic acids is 1. The van der Waals surface area contributed by atoms with Crippen LogP contribution in [0.4, 0.5) is 0 Å². The monoisotopic (exact) mass is 284 g/mol. The van der Waals surface area contributed by atoms with Gasteiger partial charge in [-0.05, 0) is 60.6 Å². The van der Waals surface area contributed by atoms with E-state index in [9.17, 15) is 4.79 Å². The Morgan fingerprint density at radius 2 is 1.90 bits per heavy atom. The van der Waals surface area contributed by atoms with Crippen molar-refractivity contribution >= 4 is 17.4 Å². The molecule has 102 valence electrons. The molecule has 0 amide bonds. The highest BCUT2D eigenvalue weighted by Crippen LogP contribution is 2.24. The Bertz CT molecular complexity index is 673. The van der Waals surface area contributed by atoms with Gasteiger partial charge in [0.1, 0.15) is 0 Å². The van der Waals surface area contributed by atoms with Gasteiger partial charge in [0.15, 0.2) is 5.78 Å². The average molecular weight is 285 g/mol. The Kier molecular flexibility index (Phi) is 3.62. The van der Waals surface area contributed by atoms with Crippen molar-refractivity contribution in [2.24, 2.45) is 0 Å². The molecular weight excluding hydrogens is 268 g/mol. The van der Waals surface area contributed by atoms with Crippen LogP contribution in [0, 0.1) is 6.92 Å². The first kappa shape index (κ1) is 13.4. The molecule has 0 spiro atoms. The molecule has 1 nitrogen and oxygen atoms in total. The minimum absolute atomic E-state index is 0.0907. The maximum atomic E-state index is 12.4. The third-order valence-corrected chi connectivity index (χ3v) is 4.27. The van der Waals surface area contributed by atoms with E-state index in [4.69, 9.17) is 11.6 Å². The number of fused-ring (bicyclic) bond motifs is 1. The van der Waals surface area contributed by atoms with Gasteiger partial charge in [-0.1, -0.05) is 35.9 Å². The molecule has 0 saturated heterocycles. The second-order valence-corrected chi connectivity index (χ2v) is 5.95. The Morgan fingerprint density at radius 3 is 2.70 bits per heavy atom. The minimum Gasteiger partial charge on any atom is -0.294 e. The SMILES string of the molecule is Cc1ccc(C(=O)Cc2ccc3c(c2)CCC3)c(Cl)c1. The summed E-state index contributed by atoms with van der Waals surface area (Å²) in [6, 6.07) is 12.0. The van der Waals surface area contributed by atoms with Crippen molar-refractivity contribution in [1.29, 1.82) is 0 Å². The molecule has 0 saturated carbocycles. The van der Waals surface area contributed by atoms with Crippen LogP contribution in [0.3, 0.4) is 0 Å². The number of benzene rings is 2. The summed E-state index contributed by atoms with van der Waals surface area (Å²) >= 11 is 6.16. The Labute approximate surface area is 124 Å². The van der Waals surface area contributed by atoms with Gasteiger partial charge in [-0.3, -0.25) is 4.79 Å². The van der Waals surface area contributed by atoms with Crippen molar-refractivity contribution in [2.75, 3.05) is 0 Å². The summed E-state index contributed by atoms with van der Waals surface area (Å²) in [4.78, 5) is 12.4. The normalized spacial score (nSPS) is 13.3. The molecule has 0 N–H and O–H groups in total. The van der Waals surface area contributed by atoms with E-state index in [2.05, 4.69) is 18.2 Å². The van der Waals surface area contributed by atoms with Gasteiger partial charge < -0.3 is 0 Å². The fraction of sp³-hybridized carbons (Fsp3) is 0.278. The number of aryl methyl sites for hydroxylation is 3. The largest absolute Gasteiger partial charge is 0.294 e. The number of ketones is 1. The van der Waals surface area contributed by atoms with Gasteiger partial charge in [-0.15, -0.1) is 0 Å². The smallest absolute Gasteiger partial charge is 0.168 e. The summed E-state index contributed by atoms with van der Waals surface area (Å²) in [7, 11) is 0. The molecule has 0 unspecified atom stereocenters. The number of hydrogen-bond acceptors (Lipinski definition) is 1. The fourth-order valence-electron chi connectivity index (χ4n) is 2.86. The molecule has 1 aliphatic rings. The molecule has 0 atom stereocenters. The summed E-state index contributed by atoms with van der Waals surface area (Å²) in [5, 5.41) is 0.552. The average Bonchev–Trinajstić information content (AvgIpc) is 2.85. The predicted molar refractivity (Wildman–Crippen MR) is 82.7 cm³/mol. The minimum atomic E-state index is 0.0907. The highest BCUT2D eigenvalue weighted by molar-refractivity contribution is 6.34. The summed E-state index contributed by atoms with van der Waals surface area (Å²) < 4.78 is 0. The van der Waals surface area contributed by atoms with Crippen molar-refractivity contribution in [3.8, 4) is 0 Å². The standard InChI is InChI=1S/C18H17ClO/c1-12-5-8-16(17(19)9-12)18(20)11-13-6-7-14-3-2-4-15(14)10-13/h5-10H,2-4,11H2,1H3. The first-order valence-corrected chi connectivity index (χ1v) is 7.41. The molecule has 2 heteroatoms. The highest BCUT2D eigenvalue weighted by Gasteiger charge is 2.14. The van der Waals surface area contributed by atoms with Crippen molar-refractivity contribution in [3.05, 3.63) is 69.2 Å². The maximum Gasteiger partial charge on any atom is 0.168 e. The van der Waals surface area contributed by atoms with Gasteiger partial charge in [0.05, 0.1) is 5.02 Å². The molecular formula is C18H17ClO. The van der Waals surface area contributed by atoms with Crippen LogP contribution < -0.4 is 0 Å². The lowest BCUT2D eigenvalue weighted by Gasteiger charge is -2.07. The second kappa shape index (κ2) is 5.41. The van der Waals surface area contributed by atoms with Gasteiger partial charge in [0.25, 0.3) is 0 Å². The van der Waals surface area contributed by atoms with E-state index in [1.54, 1.807) is 0 Å². The summed E-state index contributed by atoms with van der Waals surface area (Å²) in [5.74, 6) is 0.0907. The quantitative estimate of drug-likeness (QED) is 0.755. The van der Waals surface area contributed by atoms with Crippen molar-refractivity contribution in [1.82, 2.24) is 0 Å². The lowest BCUT2D eigenvalue weighted by atomic mass is 9.99. The molecule has 20 heavy (non-hydrogen) atoms. The Balaban J connectivity index is 1.82. The second-order valence-electron chi connectivity index (χ2n) is 5.54. The van der Waals surface area contributed by atoms with Gasteiger partial charge >= 0.3 is 0 Å². The van der Waals surface area contributed by atoms with Crippen LogP contribution in [0.25, 0.3) is 0 Å². The van der Waals surface area contributed by atoms with E-state index >= 15 is 0 Å². The number of rotatable bonds is 3. The maximum absolute atomic E-state index is 12.4. The third-order valence-electron chi connectivity index (χ3n) is 3.95. The highest BCUT2D eigenvalue weighted by atomic mass is 35.5. The number of Topliss-reactive ketones (excluding diaryl/α,β-unsaturated/α-hetero) is 1. The van der Waals surface area contributed by atoms with E-state index in [0.29, 0.717) is 17.0 Å². The Morgan fingerprint density at radius 1 is 1.10 bits per heavy atom. The van der Waals surface area contributed by atoms with Crippen LogP contribution in [-0.2, 0) is 19.3 Å². The first-order chi connectivity index (χ1) is 9.63.